The van der Waals surface area contributed by atoms with Crippen LogP contribution in [0.15, 0.2) is 22.7 Å². The van der Waals surface area contributed by atoms with Crippen LogP contribution in [0.2, 0.25) is 0 Å². The van der Waals surface area contributed by atoms with Crippen molar-refractivity contribution in [2.24, 2.45) is 0 Å². The molecule has 2 rings (SSSR count). The van der Waals surface area contributed by atoms with E-state index in [1.807, 2.05) is 19.1 Å². The van der Waals surface area contributed by atoms with E-state index in [2.05, 4.69) is 26.6 Å². The number of hydrogen-bond donors (Lipinski definition) is 3. The summed E-state index contributed by atoms with van der Waals surface area (Å²) in [6.45, 7) is 2.51. The number of benzene rings is 1. The first-order chi connectivity index (χ1) is 9.93. The quantitative estimate of drug-likeness (QED) is 0.776. The molecular weight excluding hydrogens is 340 g/mol. The van der Waals surface area contributed by atoms with Gasteiger partial charge in [0.25, 0.3) is 0 Å². The molecule has 1 aliphatic heterocycles. The highest BCUT2D eigenvalue weighted by Gasteiger charge is 2.41. The van der Waals surface area contributed by atoms with E-state index in [9.17, 15) is 14.7 Å². The second-order valence-corrected chi connectivity index (χ2v) is 5.95. The molecule has 1 heterocycles. The van der Waals surface area contributed by atoms with Gasteiger partial charge in [0.05, 0.1) is 0 Å². The summed E-state index contributed by atoms with van der Waals surface area (Å²) in [6.07, 6.45) is 0.518. The predicted molar refractivity (Wildman–Crippen MR) is 81.5 cm³/mol. The SMILES string of the molecule is Cc1cc(Br)ccc1NC(=O)NC1(C(=O)O)CCOCC1. The Hall–Kier alpha value is -1.60. The van der Waals surface area contributed by atoms with Crippen molar-refractivity contribution in [3.63, 3.8) is 0 Å². The van der Waals surface area contributed by atoms with Crippen LogP contribution in [-0.4, -0.2) is 35.9 Å². The number of aryl methyl sites for hydroxylation is 1. The van der Waals surface area contributed by atoms with Crippen LogP contribution in [0, 0.1) is 6.92 Å². The Morgan fingerprint density at radius 2 is 2.00 bits per heavy atom. The van der Waals surface area contributed by atoms with Crippen molar-refractivity contribution in [2.75, 3.05) is 18.5 Å². The molecule has 3 N–H and O–H groups in total. The Labute approximate surface area is 131 Å². The number of rotatable bonds is 3. The summed E-state index contributed by atoms with van der Waals surface area (Å²) in [5, 5.41) is 14.7. The van der Waals surface area contributed by atoms with Gasteiger partial charge in [-0.3, -0.25) is 0 Å². The average molecular weight is 357 g/mol. The van der Waals surface area contributed by atoms with E-state index in [-0.39, 0.29) is 12.8 Å². The topological polar surface area (TPSA) is 87.7 Å². The fourth-order valence-corrected chi connectivity index (χ4v) is 2.73. The molecule has 0 radical (unpaired) electrons. The number of amides is 2. The van der Waals surface area contributed by atoms with Crippen LogP contribution in [0.4, 0.5) is 10.5 Å². The molecule has 21 heavy (non-hydrogen) atoms. The molecule has 0 saturated carbocycles. The van der Waals surface area contributed by atoms with Crippen LogP contribution < -0.4 is 10.6 Å². The molecule has 1 aromatic rings. The van der Waals surface area contributed by atoms with E-state index in [0.717, 1.165) is 10.0 Å². The fraction of sp³-hybridized carbons (Fsp3) is 0.429. The number of carboxylic acid groups (broad SMARTS) is 1. The van der Waals surface area contributed by atoms with Gasteiger partial charge in [0.2, 0.25) is 0 Å². The van der Waals surface area contributed by atoms with Gasteiger partial charge < -0.3 is 20.5 Å². The summed E-state index contributed by atoms with van der Waals surface area (Å²) in [5.41, 5.74) is 0.269. The van der Waals surface area contributed by atoms with Crippen LogP contribution in [0.3, 0.4) is 0 Å². The number of carboxylic acids is 1. The zero-order valence-electron chi connectivity index (χ0n) is 11.6. The number of nitrogens with one attached hydrogen (secondary N) is 2. The summed E-state index contributed by atoms with van der Waals surface area (Å²) < 4.78 is 6.08. The van der Waals surface area contributed by atoms with Crippen molar-refractivity contribution >= 4 is 33.6 Å². The van der Waals surface area contributed by atoms with Crippen LogP contribution in [0.25, 0.3) is 0 Å². The third-order valence-corrected chi connectivity index (χ3v) is 4.04. The molecule has 1 saturated heterocycles. The highest BCUT2D eigenvalue weighted by molar-refractivity contribution is 9.10. The average Bonchev–Trinajstić information content (AvgIpc) is 2.43. The van der Waals surface area contributed by atoms with Gasteiger partial charge in [0.15, 0.2) is 0 Å². The number of anilines is 1. The third kappa shape index (κ3) is 3.74. The molecule has 1 aliphatic rings. The molecule has 0 unspecified atom stereocenters. The molecule has 6 nitrogen and oxygen atoms in total. The number of carbonyl (C=O) groups excluding carboxylic acids is 1. The highest BCUT2D eigenvalue weighted by atomic mass is 79.9. The first-order valence-electron chi connectivity index (χ1n) is 6.59. The smallest absolute Gasteiger partial charge is 0.329 e. The van der Waals surface area contributed by atoms with Gasteiger partial charge in [0, 0.05) is 36.2 Å². The summed E-state index contributed by atoms with van der Waals surface area (Å²) in [4.78, 5) is 23.6. The van der Waals surface area contributed by atoms with Crippen LogP contribution in [0.1, 0.15) is 18.4 Å². The molecule has 1 fully saturated rings. The Balaban J connectivity index is 2.07. The van der Waals surface area contributed by atoms with E-state index >= 15 is 0 Å². The van der Waals surface area contributed by atoms with Crippen molar-refractivity contribution in [2.45, 2.75) is 25.3 Å². The normalized spacial score (nSPS) is 17.0. The Morgan fingerprint density at radius 3 is 2.57 bits per heavy atom. The lowest BCUT2D eigenvalue weighted by atomic mass is 9.90. The Morgan fingerprint density at radius 1 is 1.33 bits per heavy atom. The molecule has 0 aromatic heterocycles. The van der Waals surface area contributed by atoms with E-state index in [1.54, 1.807) is 6.07 Å². The highest BCUT2D eigenvalue weighted by Crippen LogP contribution is 2.23. The number of carbonyl (C=O) groups is 2. The van der Waals surface area contributed by atoms with Gasteiger partial charge in [-0.25, -0.2) is 9.59 Å². The second-order valence-electron chi connectivity index (χ2n) is 5.04. The molecule has 0 aliphatic carbocycles. The van der Waals surface area contributed by atoms with Crippen molar-refractivity contribution in [3.8, 4) is 0 Å². The maximum absolute atomic E-state index is 12.1. The number of aliphatic carboxylic acids is 1. The summed E-state index contributed by atoms with van der Waals surface area (Å²) >= 11 is 3.35. The lowest BCUT2D eigenvalue weighted by Gasteiger charge is -2.33. The monoisotopic (exact) mass is 356 g/mol. The van der Waals surface area contributed by atoms with E-state index in [4.69, 9.17) is 4.74 Å². The minimum absolute atomic E-state index is 0.259. The Kier molecular flexibility index (Phi) is 4.84. The third-order valence-electron chi connectivity index (χ3n) is 3.55. The van der Waals surface area contributed by atoms with Gasteiger partial charge in [-0.1, -0.05) is 15.9 Å². The Bertz CT molecular complexity index is 556. The maximum atomic E-state index is 12.1. The van der Waals surface area contributed by atoms with Crippen LogP contribution in [0.5, 0.6) is 0 Å². The van der Waals surface area contributed by atoms with E-state index < -0.39 is 17.5 Å². The first kappa shape index (κ1) is 15.8. The molecule has 0 spiro atoms. The van der Waals surface area contributed by atoms with Crippen LogP contribution in [-0.2, 0) is 9.53 Å². The molecule has 1 aromatic carbocycles. The largest absolute Gasteiger partial charge is 0.480 e. The predicted octanol–water partition coefficient (Wildman–Crippen LogP) is 2.51. The van der Waals surface area contributed by atoms with Gasteiger partial charge in [-0.2, -0.15) is 0 Å². The van der Waals surface area contributed by atoms with E-state index in [0.29, 0.717) is 18.9 Å². The number of hydrogen-bond acceptors (Lipinski definition) is 3. The number of ether oxygens (including phenoxy) is 1. The standard InChI is InChI=1S/C14H17BrN2O4/c1-9-8-10(15)2-3-11(9)16-13(20)17-14(12(18)19)4-6-21-7-5-14/h2-3,8H,4-7H2,1H3,(H,18,19)(H2,16,17,20). The lowest BCUT2D eigenvalue weighted by Crippen LogP contribution is -2.58. The van der Waals surface area contributed by atoms with Crippen molar-refractivity contribution in [1.82, 2.24) is 5.32 Å². The zero-order chi connectivity index (χ0) is 15.5. The summed E-state index contributed by atoms with van der Waals surface area (Å²) in [6, 6.07) is 4.92. The summed E-state index contributed by atoms with van der Waals surface area (Å²) in [5.74, 6) is -1.03. The second kappa shape index (κ2) is 6.44. The first-order valence-corrected chi connectivity index (χ1v) is 7.39. The van der Waals surface area contributed by atoms with Gasteiger partial charge in [-0.15, -0.1) is 0 Å². The van der Waals surface area contributed by atoms with Crippen molar-refractivity contribution in [3.05, 3.63) is 28.2 Å². The van der Waals surface area contributed by atoms with Gasteiger partial charge in [-0.05, 0) is 30.7 Å². The lowest BCUT2D eigenvalue weighted by molar-refractivity contribution is -0.148. The number of urea groups is 1. The fourth-order valence-electron chi connectivity index (χ4n) is 2.25. The van der Waals surface area contributed by atoms with Crippen LogP contribution >= 0.6 is 15.9 Å². The minimum atomic E-state index is -1.26. The van der Waals surface area contributed by atoms with Gasteiger partial charge in [0.1, 0.15) is 5.54 Å². The minimum Gasteiger partial charge on any atom is -0.480 e. The molecule has 114 valence electrons. The molecular formula is C14H17BrN2O4. The van der Waals surface area contributed by atoms with Crippen molar-refractivity contribution in [1.29, 1.82) is 0 Å². The molecule has 0 atom stereocenters. The summed E-state index contributed by atoms with van der Waals surface area (Å²) in [7, 11) is 0. The maximum Gasteiger partial charge on any atom is 0.329 e. The number of halogens is 1. The van der Waals surface area contributed by atoms with Crippen molar-refractivity contribution < 1.29 is 19.4 Å². The molecule has 7 heteroatoms. The van der Waals surface area contributed by atoms with Gasteiger partial charge >= 0.3 is 12.0 Å². The zero-order valence-corrected chi connectivity index (χ0v) is 13.2. The molecule has 2 amide bonds. The molecule has 0 bridgehead atoms. The van der Waals surface area contributed by atoms with E-state index in [1.165, 1.54) is 0 Å².